The molecule has 0 aromatic heterocycles. The topological polar surface area (TPSA) is 95.9 Å². The van der Waals surface area contributed by atoms with Gasteiger partial charge in [-0.15, -0.1) is 5.06 Å². The van der Waals surface area contributed by atoms with Crippen molar-refractivity contribution in [1.82, 2.24) is 10.4 Å². The number of hydroxylamine groups is 2. The second kappa shape index (κ2) is 5.17. The van der Waals surface area contributed by atoms with Crippen molar-refractivity contribution in [3.63, 3.8) is 0 Å². The first kappa shape index (κ1) is 13.6. The van der Waals surface area contributed by atoms with Crippen LogP contribution in [-0.4, -0.2) is 40.2 Å². The van der Waals surface area contributed by atoms with Crippen LogP contribution in [0.3, 0.4) is 0 Å². The molecular formula is C14H14N2O5. The van der Waals surface area contributed by atoms with Crippen molar-refractivity contribution in [3.05, 3.63) is 35.4 Å². The van der Waals surface area contributed by atoms with Gasteiger partial charge in [0, 0.05) is 6.04 Å². The van der Waals surface area contributed by atoms with Crippen LogP contribution in [0, 0.1) is 0 Å². The summed E-state index contributed by atoms with van der Waals surface area (Å²) >= 11 is 0. The number of rotatable bonds is 3. The van der Waals surface area contributed by atoms with E-state index in [0.29, 0.717) is 30.4 Å². The van der Waals surface area contributed by atoms with E-state index >= 15 is 0 Å². The standard InChI is InChI=1S/C14H14N2O5/c17-12-10-3-1-2-4-11(10)13(18)16(12)21-9-6-5-8(7-9)15-14(19)20/h1-4,8-9,15H,5-7H2,(H,19,20). The molecule has 7 nitrogen and oxygen atoms in total. The molecule has 1 aromatic carbocycles. The Morgan fingerprint density at radius 2 is 1.81 bits per heavy atom. The van der Waals surface area contributed by atoms with E-state index in [1.54, 1.807) is 24.3 Å². The fourth-order valence-electron chi connectivity index (χ4n) is 2.75. The van der Waals surface area contributed by atoms with Crippen molar-refractivity contribution in [2.45, 2.75) is 31.4 Å². The number of carbonyl (C=O) groups is 3. The number of carbonyl (C=O) groups excluding carboxylic acids is 2. The molecule has 7 heteroatoms. The van der Waals surface area contributed by atoms with Crippen LogP contribution in [-0.2, 0) is 4.84 Å². The highest BCUT2D eigenvalue weighted by Gasteiger charge is 2.39. The summed E-state index contributed by atoms with van der Waals surface area (Å²) in [6.07, 6.45) is 0.239. The monoisotopic (exact) mass is 290 g/mol. The van der Waals surface area contributed by atoms with E-state index in [1.165, 1.54) is 0 Å². The summed E-state index contributed by atoms with van der Waals surface area (Å²) in [7, 11) is 0. The van der Waals surface area contributed by atoms with Gasteiger partial charge >= 0.3 is 6.09 Å². The van der Waals surface area contributed by atoms with Gasteiger partial charge in [0.25, 0.3) is 11.8 Å². The van der Waals surface area contributed by atoms with Gasteiger partial charge in [0.15, 0.2) is 0 Å². The molecule has 2 N–H and O–H groups in total. The van der Waals surface area contributed by atoms with Crippen molar-refractivity contribution >= 4 is 17.9 Å². The maximum Gasteiger partial charge on any atom is 0.404 e. The van der Waals surface area contributed by atoms with E-state index < -0.39 is 17.9 Å². The number of amides is 3. The average Bonchev–Trinajstić information content (AvgIpc) is 2.98. The second-order valence-electron chi connectivity index (χ2n) is 5.14. The number of benzene rings is 1. The fraction of sp³-hybridized carbons (Fsp3) is 0.357. The van der Waals surface area contributed by atoms with E-state index in [9.17, 15) is 14.4 Å². The molecule has 1 saturated carbocycles. The van der Waals surface area contributed by atoms with Crippen LogP contribution in [0.2, 0.25) is 0 Å². The number of imide groups is 1. The molecule has 1 aliphatic heterocycles. The Kier molecular flexibility index (Phi) is 3.34. The van der Waals surface area contributed by atoms with E-state index in [2.05, 4.69) is 5.32 Å². The molecule has 2 unspecified atom stereocenters. The molecule has 2 aliphatic rings. The number of nitrogens with one attached hydrogen (secondary N) is 1. The molecule has 0 spiro atoms. The van der Waals surface area contributed by atoms with Crippen molar-refractivity contribution in [2.75, 3.05) is 0 Å². The molecule has 2 atom stereocenters. The van der Waals surface area contributed by atoms with Crippen LogP contribution in [0.1, 0.15) is 40.0 Å². The molecule has 0 bridgehead atoms. The van der Waals surface area contributed by atoms with Crippen LogP contribution in [0.4, 0.5) is 4.79 Å². The predicted octanol–water partition coefficient (Wildman–Crippen LogP) is 1.40. The van der Waals surface area contributed by atoms with Gasteiger partial charge in [0.1, 0.15) is 0 Å². The summed E-state index contributed by atoms with van der Waals surface area (Å²) in [5, 5.41) is 11.9. The SMILES string of the molecule is O=C(O)NC1CCC(ON2C(=O)c3ccccc3C2=O)C1. The fourth-order valence-corrected chi connectivity index (χ4v) is 2.75. The normalized spacial score (nSPS) is 24.3. The van der Waals surface area contributed by atoms with Crippen molar-refractivity contribution in [2.24, 2.45) is 0 Å². The third-order valence-corrected chi connectivity index (χ3v) is 3.72. The van der Waals surface area contributed by atoms with Crippen LogP contribution >= 0.6 is 0 Å². The number of hydrogen-bond acceptors (Lipinski definition) is 4. The average molecular weight is 290 g/mol. The summed E-state index contributed by atoms with van der Waals surface area (Å²) in [6.45, 7) is 0. The largest absolute Gasteiger partial charge is 0.465 e. The lowest BCUT2D eigenvalue weighted by Crippen LogP contribution is -2.35. The van der Waals surface area contributed by atoms with Gasteiger partial charge in [0.05, 0.1) is 17.2 Å². The van der Waals surface area contributed by atoms with Crippen molar-refractivity contribution in [1.29, 1.82) is 0 Å². The number of carboxylic acid groups (broad SMARTS) is 1. The molecule has 1 aromatic rings. The molecule has 1 heterocycles. The van der Waals surface area contributed by atoms with Gasteiger partial charge in [0.2, 0.25) is 0 Å². The highest BCUT2D eigenvalue weighted by Crippen LogP contribution is 2.28. The first-order valence-electron chi connectivity index (χ1n) is 6.70. The quantitative estimate of drug-likeness (QED) is 0.820. The zero-order valence-corrected chi connectivity index (χ0v) is 11.1. The minimum absolute atomic E-state index is 0.206. The van der Waals surface area contributed by atoms with Gasteiger partial charge in [-0.3, -0.25) is 14.4 Å². The Bertz CT molecular complexity index is 580. The van der Waals surface area contributed by atoms with Gasteiger partial charge in [-0.25, -0.2) is 4.79 Å². The summed E-state index contributed by atoms with van der Waals surface area (Å²) in [6, 6.07) is 6.35. The highest BCUT2D eigenvalue weighted by molar-refractivity contribution is 6.20. The van der Waals surface area contributed by atoms with Gasteiger partial charge in [-0.2, -0.15) is 0 Å². The maximum absolute atomic E-state index is 12.1. The molecule has 21 heavy (non-hydrogen) atoms. The van der Waals surface area contributed by atoms with Crippen LogP contribution < -0.4 is 5.32 Å². The summed E-state index contributed by atoms with van der Waals surface area (Å²) in [4.78, 5) is 40.3. The maximum atomic E-state index is 12.1. The summed E-state index contributed by atoms with van der Waals surface area (Å²) in [5.41, 5.74) is 0.668. The predicted molar refractivity (Wildman–Crippen MR) is 70.6 cm³/mol. The molecule has 3 rings (SSSR count). The smallest absolute Gasteiger partial charge is 0.404 e. The lowest BCUT2D eigenvalue weighted by molar-refractivity contribution is -0.129. The third-order valence-electron chi connectivity index (χ3n) is 3.72. The van der Waals surface area contributed by atoms with E-state index in [1.807, 2.05) is 0 Å². The van der Waals surface area contributed by atoms with Gasteiger partial charge in [-0.1, -0.05) is 12.1 Å². The van der Waals surface area contributed by atoms with Crippen LogP contribution in [0.25, 0.3) is 0 Å². The molecule has 1 aliphatic carbocycles. The lowest BCUT2D eigenvalue weighted by atomic mass is 10.1. The molecular weight excluding hydrogens is 276 g/mol. The summed E-state index contributed by atoms with van der Waals surface area (Å²) < 4.78 is 0. The Balaban J connectivity index is 1.66. The Hall–Kier alpha value is -2.41. The van der Waals surface area contributed by atoms with E-state index in [0.717, 1.165) is 5.06 Å². The third kappa shape index (κ3) is 2.47. The molecule has 1 fully saturated rings. The first-order chi connectivity index (χ1) is 10.1. The number of fused-ring (bicyclic) bond motifs is 1. The number of hydrogen-bond donors (Lipinski definition) is 2. The molecule has 3 amide bonds. The summed E-state index contributed by atoms with van der Waals surface area (Å²) in [5.74, 6) is -0.935. The van der Waals surface area contributed by atoms with E-state index in [-0.39, 0.29) is 12.1 Å². The zero-order chi connectivity index (χ0) is 15.0. The van der Waals surface area contributed by atoms with Gasteiger partial charge in [-0.05, 0) is 31.4 Å². The van der Waals surface area contributed by atoms with Crippen molar-refractivity contribution in [3.8, 4) is 0 Å². The Morgan fingerprint density at radius 3 is 2.38 bits per heavy atom. The second-order valence-corrected chi connectivity index (χ2v) is 5.14. The molecule has 110 valence electrons. The molecule has 0 saturated heterocycles. The minimum atomic E-state index is -1.08. The minimum Gasteiger partial charge on any atom is -0.465 e. The highest BCUT2D eigenvalue weighted by atomic mass is 16.7. The number of nitrogens with zero attached hydrogens (tertiary/aromatic N) is 1. The lowest BCUT2D eigenvalue weighted by Gasteiger charge is -2.18. The van der Waals surface area contributed by atoms with Crippen LogP contribution in [0.15, 0.2) is 24.3 Å². The first-order valence-corrected chi connectivity index (χ1v) is 6.70. The van der Waals surface area contributed by atoms with E-state index in [4.69, 9.17) is 9.94 Å². The molecule has 0 radical (unpaired) electrons. The van der Waals surface area contributed by atoms with Gasteiger partial charge < -0.3 is 10.4 Å². The Morgan fingerprint density at radius 1 is 1.19 bits per heavy atom. The van der Waals surface area contributed by atoms with Crippen molar-refractivity contribution < 1.29 is 24.3 Å². The zero-order valence-electron chi connectivity index (χ0n) is 11.1. The van der Waals surface area contributed by atoms with Crippen LogP contribution in [0.5, 0.6) is 0 Å². The Labute approximate surface area is 120 Å².